The van der Waals surface area contributed by atoms with Crippen molar-refractivity contribution in [3.8, 4) is 22.8 Å². The first-order valence-electron chi connectivity index (χ1n) is 10.7. The molecule has 1 amide bonds. The Hall–Kier alpha value is -3.69. The van der Waals surface area contributed by atoms with Crippen LogP contribution in [0.4, 0.5) is 0 Å². The molecule has 0 radical (unpaired) electrons. The van der Waals surface area contributed by atoms with Gasteiger partial charge in [-0.25, -0.2) is 9.97 Å². The van der Waals surface area contributed by atoms with Crippen LogP contribution in [0, 0.1) is 0 Å². The fraction of sp³-hybridized carbons (Fsp3) is 0.292. The number of aliphatic hydroxyl groups excluding tert-OH is 1. The molecule has 0 bridgehead atoms. The molecule has 33 heavy (non-hydrogen) atoms. The molecule has 4 aromatic rings. The van der Waals surface area contributed by atoms with E-state index in [1.807, 2.05) is 23.7 Å². The van der Waals surface area contributed by atoms with Gasteiger partial charge < -0.3 is 15.5 Å². The second-order valence-electron chi connectivity index (χ2n) is 8.16. The summed E-state index contributed by atoms with van der Waals surface area (Å²) in [6.45, 7) is 6.14. The molecule has 0 unspecified atom stereocenters. The Bertz CT molecular complexity index is 1290. The first-order valence-corrected chi connectivity index (χ1v) is 10.7. The van der Waals surface area contributed by atoms with Crippen LogP contribution in [0.1, 0.15) is 36.7 Å². The van der Waals surface area contributed by atoms with Crippen LogP contribution in [0.5, 0.6) is 0 Å². The number of nitrogens with one attached hydrogen (secondary N) is 1. The van der Waals surface area contributed by atoms with E-state index in [4.69, 9.17) is 5.11 Å². The van der Waals surface area contributed by atoms with E-state index >= 15 is 0 Å². The monoisotopic (exact) mass is 446 g/mol. The molecule has 4 rings (SSSR count). The molecule has 0 aliphatic heterocycles. The number of nitrogens with zero attached hydrogens (tertiary/aromatic N) is 5. The second-order valence-corrected chi connectivity index (χ2v) is 8.16. The SMILES string of the molecule is CCn1nc(-c2ncc(-c3cc(C(C)(C)O)ccn3)cn2)c2cc(C(=O)NCCO)ccc21. The van der Waals surface area contributed by atoms with Gasteiger partial charge in [0.05, 0.1) is 23.4 Å². The number of pyridine rings is 1. The van der Waals surface area contributed by atoms with Crippen LogP contribution in [-0.4, -0.2) is 54.0 Å². The molecule has 0 saturated heterocycles. The van der Waals surface area contributed by atoms with Crippen molar-refractivity contribution in [3.63, 3.8) is 0 Å². The first-order chi connectivity index (χ1) is 15.8. The lowest BCUT2D eigenvalue weighted by Crippen LogP contribution is -2.26. The third-order valence-corrected chi connectivity index (χ3v) is 5.34. The predicted molar refractivity (Wildman–Crippen MR) is 124 cm³/mol. The summed E-state index contributed by atoms with van der Waals surface area (Å²) < 4.78 is 1.84. The number of aryl methyl sites for hydroxylation is 1. The maximum atomic E-state index is 12.4. The van der Waals surface area contributed by atoms with Crippen molar-refractivity contribution in [2.24, 2.45) is 0 Å². The van der Waals surface area contributed by atoms with Gasteiger partial charge in [0, 0.05) is 48.2 Å². The summed E-state index contributed by atoms with van der Waals surface area (Å²) >= 11 is 0. The van der Waals surface area contributed by atoms with Gasteiger partial charge in [-0.05, 0) is 56.7 Å². The average molecular weight is 447 g/mol. The molecule has 0 saturated carbocycles. The molecule has 3 aromatic heterocycles. The van der Waals surface area contributed by atoms with Gasteiger partial charge in [0.1, 0.15) is 5.69 Å². The van der Waals surface area contributed by atoms with Gasteiger partial charge in [-0.3, -0.25) is 14.5 Å². The van der Waals surface area contributed by atoms with E-state index in [9.17, 15) is 9.90 Å². The zero-order valence-corrected chi connectivity index (χ0v) is 18.8. The molecule has 9 nitrogen and oxygen atoms in total. The largest absolute Gasteiger partial charge is 0.395 e. The van der Waals surface area contributed by atoms with Crippen LogP contribution >= 0.6 is 0 Å². The molecular formula is C24H26N6O3. The van der Waals surface area contributed by atoms with Gasteiger partial charge in [-0.1, -0.05) is 0 Å². The fourth-order valence-corrected chi connectivity index (χ4v) is 3.55. The van der Waals surface area contributed by atoms with Gasteiger partial charge in [-0.2, -0.15) is 5.10 Å². The molecule has 0 spiro atoms. The minimum atomic E-state index is -0.981. The predicted octanol–water partition coefficient (Wildman–Crippen LogP) is 2.52. The summed E-state index contributed by atoms with van der Waals surface area (Å²) in [6.07, 6.45) is 5.00. The van der Waals surface area contributed by atoms with E-state index in [0.717, 1.165) is 16.5 Å². The number of hydrogen-bond donors (Lipinski definition) is 3. The number of carbonyl (C=O) groups is 1. The van der Waals surface area contributed by atoms with E-state index in [1.54, 1.807) is 50.6 Å². The molecule has 0 fully saturated rings. The van der Waals surface area contributed by atoms with Crippen molar-refractivity contribution in [1.82, 2.24) is 30.0 Å². The molecule has 3 heterocycles. The number of fused-ring (bicyclic) bond motifs is 1. The molecule has 170 valence electrons. The minimum Gasteiger partial charge on any atom is -0.395 e. The van der Waals surface area contributed by atoms with Crippen LogP contribution in [-0.2, 0) is 12.1 Å². The summed E-state index contributed by atoms with van der Waals surface area (Å²) in [5.41, 5.74) is 3.06. The van der Waals surface area contributed by atoms with Crippen molar-refractivity contribution >= 4 is 16.8 Å². The summed E-state index contributed by atoms with van der Waals surface area (Å²) in [6, 6.07) is 8.94. The number of rotatable bonds is 7. The van der Waals surface area contributed by atoms with Crippen molar-refractivity contribution in [2.45, 2.75) is 32.9 Å². The van der Waals surface area contributed by atoms with Crippen LogP contribution < -0.4 is 5.32 Å². The highest BCUT2D eigenvalue weighted by molar-refractivity contribution is 6.01. The number of hydrogen-bond acceptors (Lipinski definition) is 7. The number of aromatic nitrogens is 5. The third-order valence-electron chi connectivity index (χ3n) is 5.34. The smallest absolute Gasteiger partial charge is 0.251 e. The lowest BCUT2D eigenvalue weighted by Gasteiger charge is -2.18. The summed E-state index contributed by atoms with van der Waals surface area (Å²) in [7, 11) is 0. The fourth-order valence-electron chi connectivity index (χ4n) is 3.55. The van der Waals surface area contributed by atoms with E-state index in [1.165, 1.54) is 0 Å². The molecule has 0 aliphatic rings. The molecule has 1 aromatic carbocycles. The highest BCUT2D eigenvalue weighted by Gasteiger charge is 2.19. The van der Waals surface area contributed by atoms with Crippen LogP contribution in [0.3, 0.4) is 0 Å². The Balaban J connectivity index is 1.72. The maximum absolute atomic E-state index is 12.4. The van der Waals surface area contributed by atoms with Gasteiger partial charge in [-0.15, -0.1) is 0 Å². The molecule has 9 heteroatoms. The highest BCUT2D eigenvalue weighted by Crippen LogP contribution is 2.28. The van der Waals surface area contributed by atoms with E-state index in [2.05, 4.69) is 25.4 Å². The summed E-state index contributed by atoms with van der Waals surface area (Å²) in [5, 5.41) is 27.3. The lowest BCUT2D eigenvalue weighted by molar-refractivity contribution is 0.0785. The van der Waals surface area contributed by atoms with Gasteiger partial charge in [0.2, 0.25) is 0 Å². The minimum absolute atomic E-state index is 0.124. The zero-order valence-electron chi connectivity index (χ0n) is 18.8. The quantitative estimate of drug-likeness (QED) is 0.398. The van der Waals surface area contributed by atoms with E-state index in [-0.39, 0.29) is 19.1 Å². The first kappa shape index (κ1) is 22.5. The van der Waals surface area contributed by atoms with Crippen molar-refractivity contribution in [3.05, 3.63) is 60.0 Å². The van der Waals surface area contributed by atoms with Crippen molar-refractivity contribution < 1.29 is 15.0 Å². The Morgan fingerprint density at radius 3 is 2.55 bits per heavy atom. The number of amides is 1. The average Bonchev–Trinajstić information content (AvgIpc) is 3.20. The molecule has 0 atom stereocenters. The highest BCUT2D eigenvalue weighted by atomic mass is 16.3. The Kier molecular flexibility index (Phi) is 6.17. The van der Waals surface area contributed by atoms with Crippen LogP contribution in [0.2, 0.25) is 0 Å². The van der Waals surface area contributed by atoms with Gasteiger partial charge >= 0.3 is 0 Å². The van der Waals surface area contributed by atoms with Gasteiger partial charge in [0.15, 0.2) is 5.82 Å². The number of aliphatic hydroxyl groups is 2. The third kappa shape index (κ3) is 4.59. The van der Waals surface area contributed by atoms with E-state index < -0.39 is 5.60 Å². The standard InChI is InChI=1S/C24H26N6O3/c1-4-30-20-6-5-15(23(32)26-9-10-31)11-18(20)21(29-30)22-27-13-16(14-28-22)19-12-17(7-8-25-19)24(2,3)33/h5-8,11-14,31,33H,4,9-10H2,1-3H3,(H,26,32). The molecule has 3 N–H and O–H groups in total. The topological polar surface area (TPSA) is 126 Å². The van der Waals surface area contributed by atoms with Crippen LogP contribution in [0.15, 0.2) is 48.9 Å². The molecule has 0 aliphatic carbocycles. The maximum Gasteiger partial charge on any atom is 0.251 e. The number of carbonyl (C=O) groups excluding carboxylic acids is 1. The van der Waals surface area contributed by atoms with Crippen molar-refractivity contribution in [2.75, 3.05) is 13.2 Å². The van der Waals surface area contributed by atoms with Gasteiger partial charge in [0.25, 0.3) is 5.91 Å². The second kappa shape index (κ2) is 9.05. The number of benzene rings is 1. The van der Waals surface area contributed by atoms with Crippen molar-refractivity contribution in [1.29, 1.82) is 0 Å². The lowest BCUT2D eigenvalue weighted by atomic mass is 9.98. The Morgan fingerprint density at radius 1 is 1.12 bits per heavy atom. The molecular weight excluding hydrogens is 420 g/mol. The summed E-state index contributed by atoms with van der Waals surface area (Å²) in [5.74, 6) is 0.165. The summed E-state index contributed by atoms with van der Waals surface area (Å²) in [4.78, 5) is 25.8. The van der Waals surface area contributed by atoms with E-state index in [0.29, 0.717) is 34.9 Å². The Labute approximate surface area is 191 Å². The normalized spacial score (nSPS) is 11.7. The van der Waals surface area contributed by atoms with Crippen LogP contribution in [0.25, 0.3) is 33.7 Å². The Morgan fingerprint density at radius 2 is 1.88 bits per heavy atom. The zero-order chi connectivity index (χ0) is 23.6.